The van der Waals surface area contributed by atoms with Gasteiger partial charge in [0.25, 0.3) is 0 Å². The molecule has 0 bridgehead atoms. The number of carbonyl (C=O) groups is 1. The summed E-state index contributed by atoms with van der Waals surface area (Å²) in [6, 6.07) is 0. The van der Waals surface area contributed by atoms with Gasteiger partial charge in [0.2, 0.25) is 0 Å². The number of carbonyl (C=O) groups excluding carboxylic acids is 1. The highest BCUT2D eigenvalue weighted by Crippen LogP contribution is 2.06. The fourth-order valence-corrected chi connectivity index (χ4v) is 0.938. The quantitative estimate of drug-likeness (QED) is 0.636. The van der Waals surface area contributed by atoms with Crippen molar-refractivity contribution in [2.75, 3.05) is 6.61 Å². The predicted octanol–water partition coefficient (Wildman–Crippen LogP) is 1.85. The van der Waals surface area contributed by atoms with Gasteiger partial charge in [-0.3, -0.25) is 4.79 Å². The summed E-state index contributed by atoms with van der Waals surface area (Å²) in [6.45, 7) is 7.34. The van der Waals surface area contributed by atoms with Gasteiger partial charge in [-0.2, -0.15) is 0 Å². The first-order valence-electron chi connectivity index (χ1n) is 3.99. The Labute approximate surface area is 73.6 Å². The van der Waals surface area contributed by atoms with Crippen LogP contribution in [0.15, 0.2) is 23.8 Å². The molecule has 0 radical (unpaired) electrons. The van der Waals surface area contributed by atoms with Crippen LogP contribution in [0.1, 0.15) is 26.7 Å². The largest absolute Gasteiger partial charge is 0.392 e. The molecule has 2 heteroatoms. The molecule has 12 heavy (non-hydrogen) atoms. The lowest BCUT2D eigenvalue weighted by Gasteiger charge is -1.99. The highest BCUT2D eigenvalue weighted by molar-refractivity contribution is 5.82. The summed E-state index contributed by atoms with van der Waals surface area (Å²) in [5, 5.41) is 8.53. The summed E-state index contributed by atoms with van der Waals surface area (Å²) in [7, 11) is 0. The molecule has 0 aromatic rings. The molecule has 2 nitrogen and oxygen atoms in total. The van der Waals surface area contributed by atoms with Crippen LogP contribution in [-0.2, 0) is 4.79 Å². The van der Waals surface area contributed by atoms with E-state index in [-0.39, 0.29) is 12.4 Å². The second kappa shape index (κ2) is 5.72. The summed E-state index contributed by atoms with van der Waals surface area (Å²) in [5.74, 6) is 0.157. The molecular weight excluding hydrogens is 152 g/mol. The van der Waals surface area contributed by atoms with Crippen LogP contribution in [0, 0.1) is 0 Å². The molecular formula is C10H16O2. The van der Waals surface area contributed by atoms with E-state index in [2.05, 4.69) is 6.58 Å². The van der Waals surface area contributed by atoms with Crippen LogP contribution in [0.5, 0.6) is 0 Å². The van der Waals surface area contributed by atoms with Gasteiger partial charge in [0.15, 0.2) is 0 Å². The molecule has 0 aromatic heterocycles. The second-order valence-corrected chi connectivity index (χ2v) is 3.08. The topological polar surface area (TPSA) is 37.3 Å². The lowest BCUT2D eigenvalue weighted by atomic mass is 10.1. The van der Waals surface area contributed by atoms with Gasteiger partial charge in [-0.15, -0.1) is 0 Å². The van der Waals surface area contributed by atoms with Crippen molar-refractivity contribution in [2.45, 2.75) is 26.7 Å². The normalized spacial score (nSPS) is 11.4. The first-order chi connectivity index (χ1) is 5.56. The van der Waals surface area contributed by atoms with Crippen LogP contribution in [-0.4, -0.2) is 17.5 Å². The van der Waals surface area contributed by atoms with Crippen molar-refractivity contribution in [3.8, 4) is 0 Å². The molecule has 0 aliphatic carbocycles. The number of hydrogen-bond donors (Lipinski definition) is 1. The average Bonchev–Trinajstić information content (AvgIpc) is 1.84. The van der Waals surface area contributed by atoms with Crippen molar-refractivity contribution < 1.29 is 9.90 Å². The average molecular weight is 168 g/mol. The summed E-state index contributed by atoms with van der Waals surface area (Å²) in [6.07, 6.45) is 2.51. The number of aliphatic hydroxyl groups excluding tert-OH is 1. The Morgan fingerprint density at radius 2 is 2.00 bits per heavy atom. The molecule has 0 atom stereocenters. The molecule has 68 valence electrons. The van der Waals surface area contributed by atoms with E-state index >= 15 is 0 Å². The zero-order valence-electron chi connectivity index (χ0n) is 7.76. The van der Waals surface area contributed by atoms with E-state index in [0.29, 0.717) is 12.8 Å². The fourth-order valence-electron chi connectivity index (χ4n) is 0.938. The maximum Gasteiger partial charge on any atom is 0.140 e. The maximum absolute atomic E-state index is 11.2. The van der Waals surface area contributed by atoms with E-state index in [1.54, 1.807) is 6.08 Å². The van der Waals surface area contributed by atoms with E-state index in [0.717, 1.165) is 11.1 Å². The van der Waals surface area contributed by atoms with Crippen LogP contribution in [0.2, 0.25) is 0 Å². The van der Waals surface area contributed by atoms with Gasteiger partial charge in [0.1, 0.15) is 5.78 Å². The van der Waals surface area contributed by atoms with Gasteiger partial charge in [-0.25, -0.2) is 0 Å². The first kappa shape index (κ1) is 11.1. The molecule has 0 unspecified atom stereocenters. The summed E-state index contributed by atoms with van der Waals surface area (Å²) >= 11 is 0. The third-order valence-corrected chi connectivity index (χ3v) is 1.41. The SMILES string of the molecule is C=C(C)CC(=O)CC(C)=CCO. The Morgan fingerprint density at radius 3 is 2.42 bits per heavy atom. The number of allylic oxidation sites excluding steroid dienone is 2. The minimum Gasteiger partial charge on any atom is -0.392 e. The van der Waals surface area contributed by atoms with Crippen molar-refractivity contribution in [3.63, 3.8) is 0 Å². The Hall–Kier alpha value is -0.890. The Balaban J connectivity index is 3.84. The predicted molar refractivity (Wildman–Crippen MR) is 49.9 cm³/mol. The number of aliphatic hydroxyl groups is 1. The number of ketones is 1. The zero-order chi connectivity index (χ0) is 9.56. The molecule has 0 saturated carbocycles. The molecule has 0 fully saturated rings. The molecule has 1 N–H and O–H groups in total. The highest BCUT2D eigenvalue weighted by atomic mass is 16.2. The highest BCUT2D eigenvalue weighted by Gasteiger charge is 2.02. The van der Waals surface area contributed by atoms with Crippen LogP contribution in [0.3, 0.4) is 0 Å². The van der Waals surface area contributed by atoms with Gasteiger partial charge < -0.3 is 5.11 Å². The molecule has 0 spiro atoms. The monoisotopic (exact) mass is 168 g/mol. The lowest BCUT2D eigenvalue weighted by Crippen LogP contribution is -1.99. The van der Waals surface area contributed by atoms with Crippen LogP contribution < -0.4 is 0 Å². The van der Waals surface area contributed by atoms with Gasteiger partial charge in [-0.1, -0.05) is 23.8 Å². The van der Waals surface area contributed by atoms with Gasteiger partial charge >= 0.3 is 0 Å². The molecule has 0 aliphatic rings. The summed E-state index contributed by atoms with van der Waals surface area (Å²) < 4.78 is 0. The third kappa shape index (κ3) is 5.86. The van der Waals surface area contributed by atoms with Crippen molar-refractivity contribution in [3.05, 3.63) is 23.8 Å². The Morgan fingerprint density at radius 1 is 1.42 bits per heavy atom. The molecule has 0 aliphatic heterocycles. The minimum atomic E-state index is 0.00614. The van der Waals surface area contributed by atoms with E-state index in [1.165, 1.54) is 0 Å². The number of hydrogen-bond acceptors (Lipinski definition) is 2. The molecule has 0 aromatic carbocycles. The van der Waals surface area contributed by atoms with E-state index < -0.39 is 0 Å². The van der Waals surface area contributed by atoms with Crippen molar-refractivity contribution in [2.24, 2.45) is 0 Å². The molecule has 0 saturated heterocycles. The second-order valence-electron chi connectivity index (χ2n) is 3.08. The number of rotatable bonds is 5. The van der Waals surface area contributed by atoms with Crippen molar-refractivity contribution in [1.29, 1.82) is 0 Å². The lowest BCUT2D eigenvalue weighted by molar-refractivity contribution is -0.117. The van der Waals surface area contributed by atoms with Crippen LogP contribution in [0.4, 0.5) is 0 Å². The Bertz CT molecular complexity index is 202. The number of Topliss-reactive ketones (excluding diaryl/α,β-unsaturated/α-hetero) is 1. The van der Waals surface area contributed by atoms with Gasteiger partial charge in [-0.05, 0) is 13.8 Å². The van der Waals surface area contributed by atoms with E-state index in [1.807, 2.05) is 13.8 Å². The smallest absolute Gasteiger partial charge is 0.140 e. The minimum absolute atomic E-state index is 0.00614. The summed E-state index contributed by atoms with van der Waals surface area (Å²) in [5.41, 5.74) is 1.81. The summed E-state index contributed by atoms with van der Waals surface area (Å²) in [4.78, 5) is 11.2. The third-order valence-electron chi connectivity index (χ3n) is 1.41. The van der Waals surface area contributed by atoms with Crippen molar-refractivity contribution in [1.82, 2.24) is 0 Å². The van der Waals surface area contributed by atoms with E-state index in [4.69, 9.17) is 5.11 Å². The van der Waals surface area contributed by atoms with Gasteiger partial charge in [0, 0.05) is 12.8 Å². The zero-order valence-corrected chi connectivity index (χ0v) is 7.76. The maximum atomic E-state index is 11.2. The molecule has 0 rings (SSSR count). The van der Waals surface area contributed by atoms with Crippen LogP contribution in [0.25, 0.3) is 0 Å². The first-order valence-corrected chi connectivity index (χ1v) is 3.99. The Kier molecular flexibility index (Phi) is 5.30. The fraction of sp³-hybridized carbons (Fsp3) is 0.500. The molecule has 0 heterocycles. The van der Waals surface area contributed by atoms with Gasteiger partial charge in [0.05, 0.1) is 6.61 Å². The molecule has 0 amide bonds. The van der Waals surface area contributed by atoms with E-state index in [9.17, 15) is 4.79 Å². The standard InChI is InChI=1S/C10H16O2/c1-8(2)6-10(12)7-9(3)4-5-11/h4,11H,1,5-7H2,2-3H3. The van der Waals surface area contributed by atoms with Crippen molar-refractivity contribution >= 4 is 5.78 Å². The van der Waals surface area contributed by atoms with Crippen LogP contribution >= 0.6 is 0 Å².